The summed E-state index contributed by atoms with van der Waals surface area (Å²) in [6.45, 7) is 4.45. The first kappa shape index (κ1) is 19.5. The first-order valence-corrected chi connectivity index (χ1v) is 7.28. The summed E-state index contributed by atoms with van der Waals surface area (Å²) in [4.78, 5) is 0. The number of unbranched alkanes of at least 4 members (excludes halogenated alkanes) is 2. The molecular weight excluding hydrogens is 272 g/mol. The van der Waals surface area contributed by atoms with Crippen LogP contribution in [0.15, 0.2) is 0 Å². The number of rotatable bonds is 6. The smallest absolute Gasteiger partial charge is 0 e. The van der Waals surface area contributed by atoms with E-state index in [1.54, 1.807) is 0 Å². The Kier molecular flexibility index (Phi) is 13.9. The molecule has 2 rings (SSSR count). The van der Waals surface area contributed by atoms with Gasteiger partial charge in [0, 0.05) is 17.1 Å². The summed E-state index contributed by atoms with van der Waals surface area (Å²) in [5.41, 5.74) is 0. The van der Waals surface area contributed by atoms with Gasteiger partial charge in [-0.15, -0.1) is 0 Å². The van der Waals surface area contributed by atoms with Crippen LogP contribution >= 0.6 is 0 Å². The van der Waals surface area contributed by atoms with Crippen molar-refractivity contribution in [3.05, 3.63) is 63.2 Å². The average molecular weight is 298 g/mol. The quantitative estimate of drug-likeness (QED) is 0.594. The molecule has 0 saturated heterocycles. The van der Waals surface area contributed by atoms with E-state index in [9.17, 15) is 0 Å². The molecule has 10 radical (unpaired) electrons. The maximum absolute atomic E-state index is 2.23. The third-order valence-corrected chi connectivity index (χ3v) is 3.10. The van der Waals surface area contributed by atoms with Gasteiger partial charge in [-0.3, -0.25) is 0 Å². The molecule has 2 aliphatic carbocycles. The van der Waals surface area contributed by atoms with Crippen molar-refractivity contribution in [3.8, 4) is 0 Å². The van der Waals surface area contributed by atoms with E-state index in [0.29, 0.717) is 0 Å². The van der Waals surface area contributed by atoms with E-state index in [1.165, 1.54) is 50.4 Å². The van der Waals surface area contributed by atoms with Gasteiger partial charge in [0.15, 0.2) is 0 Å². The van der Waals surface area contributed by atoms with Gasteiger partial charge in [0.05, 0.1) is 0 Å². The Morgan fingerprint density at radius 2 is 0.947 bits per heavy atom. The monoisotopic (exact) mass is 298 g/mol. The minimum absolute atomic E-state index is 0. The summed E-state index contributed by atoms with van der Waals surface area (Å²) < 4.78 is 0. The van der Waals surface area contributed by atoms with E-state index >= 15 is 0 Å². The van der Waals surface area contributed by atoms with Crippen molar-refractivity contribution in [2.24, 2.45) is 0 Å². The van der Waals surface area contributed by atoms with Gasteiger partial charge in [-0.05, 0) is 76.0 Å². The Morgan fingerprint density at radius 3 is 1.21 bits per heavy atom. The zero-order valence-corrected chi connectivity index (χ0v) is 13.3. The molecule has 0 nitrogen and oxygen atoms in total. The molecule has 0 bridgehead atoms. The second-order valence-electron chi connectivity index (χ2n) is 4.79. The molecule has 0 N–H and O–H groups in total. The summed E-state index contributed by atoms with van der Waals surface area (Å²) in [5.74, 6) is 2.97. The predicted octanol–water partition coefficient (Wildman–Crippen LogP) is 5.16. The van der Waals surface area contributed by atoms with Gasteiger partial charge in [0.1, 0.15) is 0 Å². The van der Waals surface area contributed by atoms with Crippen LogP contribution < -0.4 is 0 Å². The Bertz CT molecular complexity index is 147. The van der Waals surface area contributed by atoms with Gasteiger partial charge >= 0.3 is 0 Å². The molecule has 0 aromatic rings. The molecule has 0 amide bonds. The Morgan fingerprint density at radius 1 is 0.632 bits per heavy atom. The number of hydrogen-bond donors (Lipinski definition) is 0. The third-order valence-electron chi connectivity index (χ3n) is 3.10. The van der Waals surface area contributed by atoms with Crippen LogP contribution in [0, 0.1) is 63.2 Å². The molecule has 106 valence electrons. The fourth-order valence-corrected chi connectivity index (χ4v) is 1.92. The predicted molar refractivity (Wildman–Crippen MR) is 79.9 cm³/mol. The average Bonchev–Trinajstić information content (AvgIpc) is 3.07. The van der Waals surface area contributed by atoms with Crippen LogP contribution in [0.2, 0.25) is 0 Å². The summed E-state index contributed by atoms with van der Waals surface area (Å²) in [6.07, 6.45) is 24.9. The Labute approximate surface area is 133 Å². The Balaban J connectivity index is 0.000000324. The van der Waals surface area contributed by atoms with Gasteiger partial charge in [0.2, 0.25) is 0 Å². The van der Waals surface area contributed by atoms with Crippen molar-refractivity contribution in [1.82, 2.24) is 0 Å². The molecule has 0 atom stereocenters. The van der Waals surface area contributed by atoms with E-state index < -0.39 is 0 Å². The fraction of sp³-hybridized carbons (Fsp3) is 0.444. The number of hydrogen-bond acceptors (Lipinski definition) is 0. The molecular formula is C18H26Fe. The summed E-state index contributed by atoms with van der Waals surface area (Å²) in [6, 6.07) is 0. The molecule has 0 aliphatic heterocycles. The van der Waals surface area contributed by atoms with Crippen LogP contribution in [-0.4, -0.2) is 0 Å². The maximum Gasteiger partial charge on any atom is 0 e. The van der Waals surface area contributed by atoms with E-state index in [4.69, 9.17) is 0 Å². The summed E-state index contributed by atoms with van der Waals surface area (Å²) >= 11 is 0. The summed E-state index contributed by atoms with van der Waals surface area (Å²) in [7, 11) is 0. The van der Waals surface area contributed by atoms with E-state index in [0.717, 1.165) is 0 Å². The van der Waals surface area contributed by atoms with E-state index in [2.05, 4.69) is 65.2 Å². The molecule has 2 saturated carbocycles. The zero-order chi connectivity index (χ0) is 13.1. The first-order valence-electron chi connectivity index (χ1n) is 7.28. The minimum atomic E-state index is 0. The van der Waals surface area contributed by atoms with Crippen molar-refractivity contribution in [1.29, 1.82) is 0 Å². The van der Waals surface area contributed by atoms with Gasteiger partial charge in [0.25, 0.3) is 0 Å². The second-order valence-corrected chi connectivity index (χ2v) is 4.79. The van der Waals surface area contributed by atoms with Gasteiger partial charge in [-0.25, -0.2) is 0 Å². The van der Waals surface area contributed by atoms with Crippen LogP contribution in [-0.2, 0) is 17.1 Å². The topological polar surface area (TPSA) is 0 Å². The van der Waals surface area contributed by atoms with E-state index in [-0.39, 0.29) is 17.1 Å². The zero-order valence-electron chi connectivity index (χ0n) is 12.2. The van der Waals surface area contributed by atoms with Crippen LogP contribution in [0.1, 0.15) is 52.4 Å². The summed E-state index contributed by atoms with van der Waals surface area (Å²) in [5, 5.41) is 0. The minimum Gasteiger partial charge on any atom is -0.0654 e. The van der Waals surface area contributed by atoms with Gasteiger partial charge in [-0.1, -0.05) is 39.5 Å². The molecule has 2 fully saturated rings. The largest absolute Gasteiger partial charge is 0.0654 e. The molecule has 0 aromatic carbocycles. The fourth-order valence-electron chi connectivity index (χ4n) is 1.92. The third kappa shape index (κ3) is 9.97. The standard InChI is InChI=1S/2C9H13.Fe/c2*1-2-3-6-9-7-4-5-8-9;/h2*4-5,7-8H,2-3,6H2,1H3;. The second kappa shape index (κ2) is 13.5. The van der Waals surface area contributed by atoms with Crippen molar-refractivity contribution >= 4 is 0 Å². The molecule has 1 heteroatoms. The molecule has 19 heavy (non-hydrogen) atoms. The van der Waals surface area contributed by atoms with Crippen molar-refractivity contribution in [2.45, 2.75) is 52.4 Å². The molecule has 2 aliphatic rings. The van der Waals surface area contributed by atoms with E-state index in [1.807, 2.05) is 0 Å². The van der Waals surface area contributed by atoms with Crippen molar-refractivity contribution in [3.63, 3.8) is 0 Å². The van der Waals surface area contributed by atoms with Crippen LogP contribution in [0.25, 0.3) is 0 Å². The molecule has 0 heterocycles. The molecule has 0 spiro atoms. The van der Waals surface area contributed by atoms with Crippen LogP contribution in [0.5, 0.6) is 0 Å². The normalized spacial score (nSPS) is 19.9. The van der Waals surface area contributed by atoms with Crippen LogP contribution in [0.3, 0.4) is 0 Å². The first-order chi connectivity index (χ1) is 8.86. The van der Waals surface area contributed by atoms with Crippen LogP contribution in [0.4, 0.5) is 0 Å². The maximum atomic E-state index is 2.23. The van der Waals surface area contributed by atoms with Crippen molar-refractivity contribution < 1.29 is 17.1 Å². The Hall–Kier alpha value is 0.519. The van der Waals surface area contributed by atoms with Crippen molar-refractivity contribution in [2.75, 3.05) is 0 Å². The van der Waals surface area contributed by atoms with Gasteiger partial charge < -0.3 is 0 Å². The molecule has 0 unspecified atom stereocenters. The SMILES string of the molecule is CCCC[C]1[CH][CH][CH][CH]1.CCCC[C]1[CH][CH][CH][CH]1.[Fe]. The molecule has 0 aromatic heterocycles. The van der Waals surface area contributed by atoms with Gasteiger partial charge in [-0.2, -0.15) is 0 Å².